The van der Waals surface area contributed by atoms with E-state index in [1.807, 2.05) is 6.08 Å². The van der Waals surface area contributed by atoms with Gasteiger partial charge in [-0.3, -0.25) is 14.4 Å². The van der Waals surface area contributed by atoms with Crippen LogP contribution >= 0.6 is 0 Å². The molecule has 0 fully saturated rings. The summed E-state index contributed by atoms with van der Waals surface area (Å²) < 4.78 is 16.8. The summed E-state index contributed by atoms with van der Waals surface area (Å²) >= 11 is 0. The zero-order valence-electron chi connectivity index (χ0n) is 51.9. The van der Waals surface area contributed by atoms with Crippen LogP contribution in [0.1, 0.15) is 348 Å². The molecule has 0 aliphatic rings. The minimum absolute atomic E-state index is 0.102. The Kier molecular flexibility index (Phi) is 63.7. The molecule has 0 saturated heterocycles. The molecule has 0 saturated carbocycles. The van der Waals surface area contributed by atoms with Gasteiger partial charge in [-0.25, -0.2) is 0 Å². The van der Waals surface area contributed by atoms with E-state index in [2.05, 4.69) is 87.6 Å². The fourth-order valence-corrected chi connectivity index (χ4v) is 9.94. The van der Waals surface area contributed by atoms with Gasteiger partial charge >= 0.3 is 17.9 Å². The number of carbonyl (C=O) groups excluding carboxylic acids is 3. The molecule has 0 spiro atoms. The highest BCUT2D eigenvalue weighted by molar-refractivity contribution is 5.71. The lowest BCUT2D eigenvalue weighted by molar-refractivity contribution is -0.166. The van der Waals surface area contributed by atoms with Crippen molar-refractivity contribution in [2.24, 2.45) is 0 Å². The summed E-state index contributed by atoms with van der Waals surface area (Å²) in [4.78, 5) is 38.1. The smallest absolute Gasteiger partial charge is 0.306 e. The van der Waals surface area contributed by atoms with Crippen LogP contribution in [0.3, 0.4) is 0 Å². The van der Waals surface area contributed by atoms with Gasteiger partial charge in [0.15, 0.2) is 6.10 Å². The molecular weight excluding hydrogens is 961 g/mol. The minimum atomic E-state index is -0.813. The molecule has 0 aromatic rings. The van der Waals surface area contributed by atoms with Crippen molar-refractivity contribution in [2.75, 3.05) is 13.2 Å². The highest BCUT2D eigenvalue weighted by atomic mass is 16.6. The number of carbonyl (C=O) groups is 3. The van der Waals surface area contributed by atoms with Gasteiger partial charge in [-0.2, -0.15) is 0 Å². The highest BCUT2D eigenvalue weighted by Crippen LogP contribution is 2.18. The van der Waals surface area contributed by atoms with Crippen molar-refractivity contribution < 1.29 is 28.6 Å². The van der Waals surface area contributed by atoms with Crippen LogP contribution in [0.4, 0.5) is 0 Å². The molecule has 0 N–H and O–H groups in total. The first-order valence-electron chi connectivity index (χ1n) is 33.9. The summed E-state index contributed by atoms with van der Waals surface area (Å²) in [6.45, 7) is 6.49. The van der Waals surface area contributed by atoms with Crippen molar-refractivity contribution in [1.82, 2.24) is 0 Å². The average molecular weight is 1090 g/mol. The van der Waals surface area contributed by atoms with E-state index in [0.717, 1.165) is 77.0 Å². The molecule has 78 heavy (non-hydrogen) atoms. The van der Waals surface area contributed by atoms with Crippen molar-refractivity contribution >= 4 is 17.9 Å². The second-order valence-electron chi connectivity index (χ2n) is 22.7. The number of ether oxygens (including phenoxy) is 3. The quantitative estimate of drug-likeness (QED) is 0.0261. The zero-order chi connectivity index (χ0) is 56.4. The van der Waals surface area contributed by atoms with Crippen LogP contribution in [0.5, 0.6) is 0 Å². The van der Waals surface area contributed by atoms with Crippen molar-refractivity contribution in [2.45, 2.75) is 354 Å². The Balaban J connectivity index is 4.12. The topological polar surface area (TPSA) is 78.9 Å². The number of hydrogen-bond acceptors (Lipinski definition) is 6. The van der Waals surface area contributed by atoms with E-state index < -0.39 is 6.10 Å². The second-order valence-corrected chi connectivity index (χ2v) is 22.7. The van der Waals surface area contributed by atoms with Gasteiger partial charge in [0.1, 0.15) is 13.2 Å². The van der Waals surface area contributed by atoms with E-state index >= 15 is 0 Å². The van der Waals surface area contributed by atoms with Crippen LogP contribution in [0, 0.1) is 0 Å². The lowest BCUT2D eigenvalue weighted by Crippen LogP contribution is -2.30. The van der Waals surface area contributed by atoms with Gasteiger partial charge in [-0.1, -0.05) is 344 Å². The fourth-order valence-electron chi connectivity index (χ4n) is 9.94. The van der Waals surface area contributed by atoms with Crippen LogP contribution in [0.25, 0.3) is 0 Å². The molecule has 0 amide bonds. The van der Waals surface area contributed by atoms with Gasteiger partial charge in [0.25, 0.3) is 0 Å². The molecule has 0 bridgehead atoms. The zero-order valence-corrected chi connectivity index (χ0v) is 51.9. The van der Waals surface area contributed by atoms with E-state index in [1.165, 1.54) is 225 Å². The van der Waals surface area contributed by atoms with E-state index in [-0.39, 0.29) is 37.5 Å². The summed E-state index contributed by atoms with van der Waals surface area (Å²) in [6.07, 6.45) is 86.9. The predicted molar refractivity (Wildman–Crippen MR) is 339 cm³/mol. The van der Waals surface area contributed by atoms with Crippen molar-refractivity contribution in [3.05, 3.63) is 72.9 Å². The Bertz CT molecular complexity index is 1440. The van der Waals surface area contributed by atoms with Crippen LogP contribution in [0.2, 0.25) is 0 Å². The monoisotopic (exact) mass is 1090 g/mol. The molecule has 0 aromatic carbocycles. The molecular formula is C72H128O6. The Morgan fingerprint density at radius 1 is 0.269 bits per heavy atom. The second kappa shape index (κ2) is 66.4. The molecule has 0 aromatic heterocycles. The molecule has 0 heterocycles. The largest absolute Gasteiger partial charge is 0.462 e. The number of allylic oxidation sites excluding steroid dienone is 12. The van der Waals surface area contributed by atoms with Gasteiger partial charge in [-0.15, -0.1) is 0 Å². The molecule has 452 valence electrons. The molecule has 1 atom stereocenters. The van der Waals surface area contributed by atoms with Gasteiger partial charge in [0.2, 0.25) is 0 Å². The van der Waals surface area contributed by atoms with Crippen molar-refractivity contribution in [3.63, 3.8) is 0 Å². The molecule has 0 aliphatic carbocycles. The Morgan fingerprint density at radius 2 is 0.500 bits per heavy atom. The molecule has 1 unspecified atom stereocenters. The maximum absolute atomic E-state index is 12.8. The van der Waals surface area contributed by atoms with E-state index in [4.69, 9.17) is 14.2 Å². The Morgan fingerprint density at radius 3 is 0.756 bits per heavy atom. The van der Waals surface area contributed by atoms with Crippen LogP contribution in [-0.2, 0) is 28.6 Å². The molecule has 6 heteroatoms. The maximum Gasteiger partial charge on any atom is 0.306 e. The first-order chi connectivity index (χ1) is 38.5. The summed E-state index contributed by atoms with van der Waals surface area (Å²) in [7, 11) is 0. The third-order valence-corrected chi connectivity index (χ3v) is 15.0. The van der Waals surface area contributed by atoms with Crippen molar-refractivity contribution in [1.29, 1.82) is 0 Å². The van der Waals surface area contributed by atoms with E-state index in [9.17, 15) is 14.4 Å². The molecule has 0 radical (unpaired) electrons. The van der Waals surface area contributed by atoms with Gasteiger partial charge in [0.05, 0.1) is 0 Å². The minimum Gasteiger partial charge on any atom is -0.462 e. The van der Waals surface area contributed by atoms with Crippen LogP contribution in [-0.4, -0.2) is 37.2 Å². The van der Waals surface area contributed by atoms with E-state index in [1.54, 1.807) is 0 Å². The van der Waals surface area contributed by atoms with Crippen LogP contribution in [0.15, 0.2) is 72.9 Å². The number of unbranched alkanes of at least 4 members (excludes halogenated alkanes) is 39. The first kappa shape index (κ1) is 74.8. The predicted octanol–water partition coefficient (Wildman–Crippen LogP) is 23.3. The summed E-state index contributed by atoms with van der Waals surface area (Å²) in [6, 6.07) is 0. The third kappa shape index (κ3) is 63.7. The van der Waals surface area contributed by atoms with Gasteiger partial charge in [0, 0.05) is 19.3 Å². The van der Waals surface area contributed by atoms with Crippen molar-refractivity contribution in [3.8, 4) is 0 Å². The summed E-state index contributed by atoms with van der Waals surface area (Å²) in [5.41, 5.74) is 0. The standard InChI is InChI=1S/C72H128O6/c1-4-7-10-13-16-19-21-23-25-27-29-30-31-32-33-34-35-36-37-38-39-40-41-43-44-46-48-50-53-56-59-62-65-71(74)77-68-69(67-76-70(73)64-61-58-55-52-18-15-12-9-6-3)78-72(75)66-63-60-57-54-51-49-47-45-42-28-26-24-22-20-17-14-11-8-5-2/h8,11,17,20,24,26,42,45,49,51,57,60,69H,4-7,9-10,12-16,18-19,21-23,25,27-41,43-44,46-48,50,52-56,58-59,61-68H2,1-3H3/b11-8-,20-17-,26-24-,45-42-,51-49-,60-57-. The highest BCUT2D eigenvalue weighted by Gasteiger charge is 2.19. The Labute approximate surface area is 484 Å². The average Bonchev–Trinajstić information content (AvgIpc) is 3.44. The van der Waals surface area contributed by atoms with Crippen LogP contribution < -0.4 is 0 Å². The maximum atomic E-state index is 12.8. The van der Waals surface area contributed by atoms with Gasteiger partial charge < -0.3 is 14.2 Å². The summed E-state index contributed by atoms with van der Waals surface area (Å²) in [5, 5.41) is 0. The van der Waals surface area contributed by atoms with Gasteiger partial charge in [-0.05, 0) is 57.8 Å². The fraction of sp³-hybridized carbons (Fsp3) is 0.792. The first-order valence-corrected chi connectivity index (χ1v) is 33.9. The molecule has 6 nitrogen and oxygen atoms in total. The Hall–Kier alpha value is -3.15. The third-order valence-electron chi connectivity index (χ3n) is 15.0. The number of rotatable bonds is 62. The summed E-state index contributed by atoms with van der Waals surface area (Å²) in [5.74, 6) is -0.975. The lowest BCUT2D eigenvalue weighted by atomic mass is 10.0. The van der Waals surface area contributed by atoms with E-state index in [0.29, 0.717) is 19.3 Å². The molecule has 0 aliphatic heterocycles. The lowest BCUT2D eigenvalue weighted by Gasteiger charge is -2.18. The molecule has 0 rings (SSSR count). The SMILES string of the molecule is CC/C=C\C/C=C\C/C=C\C/C=C\C/C=C\C/C=C\CCC(=O)OC(COC(=O)CCCCCCCCCCC)COC(=O)CCCCCCCCCCCCCCCCCCCCCCCCCCCCCCCCCC. The number of hydrogen-bond donors (Lipinski definition) is 0. The normalized spacial score (nSPS) is 12.5. The number of esters is 3.